The van der Waals surface area contributed by atoms with Gasteiger partial charge >= 0.3 is 0 Å². The van der Waals surface area contributed by atoms with Gasteiger partial charge in [0.15, 0.2) is 0 Å². The first-order valence-electron chi connectivity index (χ1n) is 7.37. The standard InChI is InChI=1S/C15H27NO2/c1-14(2,11-16)13(17)12-6-9-18-15(10-12)7-4-3-5-8-15/h12H,3-11,16H2,1-2H3. The minimum absolute atomic E-state index is 0.0154. The van der Waals surface area contributed by atoms with Crippen LogP contribution in [0.2, 0.25) is 0 Å². The zero-order valence-electron chi connectivity index (χ0n) is 11.8. The molecule has 1 unspecified atom stereocenters. The Balaban J connectivity index is 2.04. The molecule has 1 saturated heterocycles. The minimum atomic E-state index is -0.377. The lowest BCUT2D eigenvalue weighted by molar-refractivity contribution is -0.149. The van der Waals surface area contributed by atoms with Crippen molar-refractivity contribution < 1.29 is 9.53 Å². The first-order chi connectivity index (χ1) is 8.49. The molecule has 1 aliphatic heterocycles. The molecule has 1 aliphatic carbocycles. The van der Waals surface area contributed by atoms with Gasteiger partial charge in [0.2, 0.25) is 0 Å². The SMILES string of the molecule is CC(C)(CN)C(=O)C1CCOC2(CCCCC2)C1. The molecule has 104 valence electrons. The number of ether oxygens (including phenoxy) is 1. The molecule has 2 aliphatic rings. The third-order valence-corrected chi connectivity index (χ3v) is 4.81. The number of carbonyl (C=O) groups is 1. The van der Waals surface area contributed by atoms with Gasteiger partial charge in [0.1, 0.15) is 5.78 Å². The monoisotopic (exact) mass is 253 g/mol. The molecule has 18 heavy (non-hydrogen) atoms. The zero-order valence-corrected chi connectivity index (χ0v) is 11.8. The Morgan fingerprint density at radius 3 is 2.61 bits per heavy atom. The highest BCUT2D eigenvalue weighted by atomic mass is 16.5. The maximum Gasteiger partial charge on any atom is 0.143 e. The van der Waals surface area contributed by atoms with Crippen LogP contribution in [0.15, 0.2) is 0 Å². The number of Topliss-reactive ketones (excluding diaryl/α,β-unsaturated/α-hetero) is 1. The van der Waals surface area contributed by atoms with E-state index in [0.717, 1.165) is 32.3 Å². The number of carbonyl (C=O) groups excluding carboxylic acids is 1. The molecule has 2 rings (SSSR count). The van der Waals surface area contributed by atoms with E-state index in [1.807, 2.05) is 13.8 Å². The van der Waals surface area contributed by atoms with Crippen LogP contribution in [0.4, 0.5) is 0 Å². The summed E-state index contributed by atoms with van der Waals surface area (Å²) >= 11 is 0. The zero-order chi connectivity index (χ0) is 13.2. The lowest BCUT2D eigenvalue weighted by atomic mass is 9.71. The molecule has 1 heterocycles. The van der Waals surface area contributed by atoms with E-state index in [1.54, 1.807) is 0 Å². The van der Waals surface area contributed by atoms with E-state index in [0.29, 0.717) is 12.3 Å². The first kappa shape index (κ1) is 14.0. The third-order valence-electron chi connectivity index (χ3n) is 4.81. The highest BCUT2D eigenvalue weighted by Crippen LogP contribution is 2.42. The van der Waals surface area contributed by atoms with Crippen molar-refractivity contribution in [2.45, 2.75) is 64.4 Å². The molecule has 3 heteroatoms. The van der Waals surface area contributed by atoms with E-state index in [9.17, 15) is 4.79 Å². The second kappa shape index (κ2) is 5.30. The third kappa shape index (κ3) is 2.77. The van der Waals surface area contributed by atoms with E-state index in [1.165, 1.54) is 19.3 Å². The second-order valence-electron chi connectivity index (χ2n) is 6.73. The Hall–Kier alpha value is -0.410. The molecule has 0 radical (unpaired) electrons. The molecule has 0 amide bonds. The van der Waals surface area contributed by atoms with Crippen molar-refractivity contribution in [1.29, 1.82) is 0 Å². The van der Waals surface area contributed by atoms with Crippen LogP contribution < -0.4 is 5.73 Å². The molecule has 2 N–H and O–H groups in total. The summed E-state index contributed by atoms with van der Waals surface area (Å²) in [4.78, 5) is 12.5. The van der Waals surface area contributed by atoms with E-state index < -0.39 is 0 Å². The van der Waals surface area contributed by atoms with Gasteiger partial charge in [0.05, 0.1) is 5.60 Å². The fraction of sp³-hybridized carbons (Fsp3) is 0.933. The predicted molar refractivity (Wildman–Crippen MR) is 72.3 cm³/mol. The van der Waals surface area contributed by atoms with Gasteiger partial charge in [-0.1, -0.05) is 33.1 Å². The molecule has 1 saturated carbocycles. The Labute approximate surface area is 110 Å². The van der Waals surface area contributed by atoms with Gasteiger partial charge in [-0.25, -0.2) is 0 Å². The molecule has 0 aromatic heterocycles. The van der Waals surface area contributed by atoms with Crippen molar-refractivity contribution in [3.8, 4) is 0 Å². The van der Waals surface area contributed by atoms with Crippen LogP contribution in [0.3, 0.4) is 0 Å². The Morgan fingerprint density at radius 2 is 2.00 bits per heavy atom. The van der Waals surface area contributed by atoms with Crippen molar-refractivity contribution in [2.24, 2.45) is 17.1 Å². The molecule has 1 atom stereocenters. The van der Waals surface area contributed by atoms with Crippen molar-refractivity contribution in [2.75, 3.05) is 13.2 Å². The van der Waals surface area contributed by atoms with Crippen molar-refractivity contribution in [1.82, 2.24) is 0 Å². The summed E-state index contributed by atoms with van der Waals surface area (Å²) in [7, 11) is 0. The van der Waals surface area contributed by atoms with Gasteiger partial charge in [-0.2, -0.15) is 0 Å². The van der Waals surface area contributed by atoms with Crippen LogP contribution in [-0.2, 0) is 9.53 Å². The number of ketones is 1. The minimum Gasteiger partial charge on any atom is -0.375 e. The van der Waals surface area contributed by atoms with E-state index >= 15 is 0 Å². The fourth-order valence-electron chi connectivity index (χ4n) is 3.45. The number of rotatable bonds is 3. The van der Waals surface area contributed by atoms with Crippen LogP contribution in [-0.4, -0.2) is 24.5 Å². The summed E-state index contributed by atoms with van der Waals surface area (Å²) < 4.78 is 6.05. The molecular formula is C15H27NO2. The maximum absolute atomic E-state index is 12.5. The molecule has 0 aromatic rings. The Kier molecular flexibility index (Phi) is 4.12. The van der Waals surface area contributed by atoms with Crippen LogP contribution >= 0.6 is 0 Å². The Morgan fingerprint density at radius 1 is 1.33 bits per heavy atom. The van der Waals surface area contributed by atoms with Crippen LogP contribution in [0.1, 0.15) is 58.8 Å². The molecular weight excluding hydrogens is 226 g/mol. The average Bonchev–Trinajstić information content (AvgIpc) is 2.39. The molecule has 0 aromatic carbocycles. The summed E-state index contributed by atoms with van der Waals surface area (Å²) in [6.45, 7) is 5.13. The summed E-state index contributed by atoms with van der Waals surface area (Å²) in [5.41, 5.74) is 5.37. The van der Waals surface area contributed by atoms with Crippen LogP contribution in [0.25, 0.3) is 0 Å². The van der Waals surface area contributed by atoms with Gasteiger partial charge in [0.25, 0.3) is 0 Å². The van der Waals surface area contributed by atoms with Gasteiger partial charge < -0.3 is 10.5 Å². The maximum atomic E-state index is 12.5. The smallest absolute Gasteiger partial charge is 0.143 e. The van der Waals surface area contributed by atoms with Crippen molar-refractivity contribution in [3.63, 3.8) is 0 Å². The molecule has 0 bridgehead atoms. The van der Waals surface area contributed by atoms with E-state index in [4.69, 9.17) is 10.5 Å². The van der Waals surface area contributed by atoms with Gasteiger partial charge in [-0.3, -0.25) is 4.79 Å². The highest BCUT2D eigenvalue weighted by Gasteiger charge is 2.43. The van der Waals surface area contributed by atoms with E-state index in [-0.39, 0.29) is 16.9 Å². The summed E-state index contributed by atoms with van der Waals surface area (Å²) in [5.74, 6) is 0.508. The van der Waals surface area contributed by atoms with Gasteiger partial charge in [0, 0.05) is 24.5 Å². The van der Waals surface area contributed by atoms with Gasteiger partial charge in [-0.05, 0) is 25.7 Å². The fourth-order valence-corrected chi connectivity index (χ4v) is 3.45. The quantitative estimate of drug-likeness (QED) is 0.841. The topological polar surface area (TPSA) is 52.3 Å². The second-order valence-corrected chi connectivity index (χ2v) is 6.73. The summed E-state index contributed by atoms with van der Waals surface area (Å²) in [6, 6.07) is 0. The van der Waals surface area contributed by atoms with Crippen LogP contribution in [0.5, 0.6) is 0 Å². The number of hydrogen-bond acceptors (Lipinski definition) is 3. The first-order valence-corrected chi connectivity index (χ1v) is 7.37. The average molecular weight is 253 g/mol. The molecule has 1 spiro atoms. The number of nitrogens with two attached hydrogens (primary N) is 1. The lowest BCUT2D eigenvalue weighted by Crippen LogP contribution is -2.47. The summed E-state index contributed by atoms with van der Waals surface area (Å²) in [6.07, 6.45) is 7.90. The highest BCUT2D eigenvalue weighted by molar-refractivity contribution is 5.86. The lowest BCUT2D eigenvalue weighted by Gasteiger charge is -2.44. The number of hydrogen-bond donors (Lipinski definition) is 1. The molecule has 3 nitrogen and oxygen atoms in total. The molecule has 2 fully saturated rings. The van der Waals surface area contributed by atoms with Crippen molar-refractivity contribution in [3.05, 3.63) is 0 Å². The van der Waals surface area contributed by atoms with E-state index in [2.05, 4.69) is 0 Å². The van der Waals surface area contributed by atoms with Gasteiger partial charge in [-0.15, -0.1) is 0 Å². The predicted octanol–water partition coefficient (Wildman–Crippen LogP) is 2.67. The normalized spacial score (nSPS) is 28.3. The van der Waals surface area contributed by atoms with Crippen LogP contribution in [0, 0.1) is 11.3 Å². The Bertz CT molecular complexity index is 300. The summed E-state index contributed by atoms with van der Waals surface area (Å²) in [5, 5.41) is 0. The van der Waals surface area contributed by atoms with Crippen molar-refractivity contribution >= 4 is 5.78 Å². The largest absolute Gasteiger partial charge is 0.375 e.